The van der Waals surface area contributed by atoms with E-state index in [1.54, 1.807) is 5.57 Å². The van der Waals surface area contributed by atoms with Gasteiger partial charge in [0.05, 0.1) is 0 Å². The Morgan fingerprint density at radius 1 is 1.29 bits per heavy atom. The molecule has 0 aromatic carbocycles. The Balaban J connectivity index is 2.36. The van der Waals surface area contributed by atoms with Crippen LogP contribution in [0.2, 0.25) is 0 Å². The highest BCUT2D eigenvalue weighted by Gasteiger charge is 2.56. The van der Waals surface area contributed by atoms with Gasteiger partial charge in [-0.3, -0.25) is 0 Å². The number of rotatable bonds is 2. The van der Waals surface area contributed by atoms with Crippen LogP contribution in [-0.2, 0) is 0 Å². The predicted octanol–water partition coefficient (Wildman–Crippen LogP) is 5.22. The van der Waals surface area contributed by atoms with Gasteiger partial charge in [-0.1, -0.05) is 52.3 Å². The van der Waals surface area contributed by atoms with Crippen molar-refractivity contribution in [2.75, 3.05) is 0 Å². The lowest BCUT2D eigenvalue weighted by Gasteiger charge is -2.35. The SMILES string of the molecule is C=CCC1=CC2C(CC1)C(C)(C)C(C)C2(C)C. The van der Waals surface area contributed by atoms with E-state index in [1.807, 2.05) is 0 Å². The summed E-state index contributed by atoms with van der Waals surface area (Å²) < 4.78 is 0. The van der Waals surface area contributed by atoms with Gasteiger partial charge in [-0.2, -0.15) is 0 Å². The first-order valence-corrected chi connectivity index (χ1v) is 7.12. The van der Waals surface area contributed by atoms with Gasteiger partial charge in [0, 0.05) is 0 Å². The van der Waals surface area contributed by atoms with Gasteiger partial charge in [-0.15, -0.1) is 6.58 Å². The molecule has 1 fully saturated rings. The fourth-order valence-electron chi connectivity index (χ4n) is 4.47. The van der Waals surface area contributed by atoms with Crippen LogP contribution in [0, 0.1) is 28.6 Å². The van der Waals surface area contributed by atoms with Crippen LogP contribution in [-0.4, -0.2) is 0 Å². The second kappa shape index (κ2) is 4.00. The summed E-state index contributed by atoms with van der Waals surface area (Å²) in [6.07, 6.45) is 8.42. The summed E-state index contributed by atoms with van der Waals surface area (Å²) in [4.78, 5) is 0. The first kappa shape index (κ1) is 12.9. The molecule has 0 amide bonds. The molecule has 17 heavy (non-hydrogen) atoms. The molecule has 3 unspecified atom stereocenters. The minimum Gasteiger partial charge on any atom is -0.103 e. The molecule has 2 aliphatic carbocycles. The first-order chi connectivity index (χ1) is 7.81. The van der Waals surface area contributed by atoms with Crippen molar-refractivity contribution in [2.45, 2.75) is 53.9 Å². The topological polar surface area (TPSA) is 0 Å². The van der Waals surface area contributed by atoms with Crippen LogP contribution in [0.4, 0.5) is 0 Å². The van der Waals surface area contributed by atoms with E-state index in [2.05, 4.69) is 53.3 Å². The number of hydrogen-bond acceptors (Lipinski definition) is 0. The molecular weight excluding hydrogens is 204 g/mol. The molecule has 2 aliphatic rings. The standard InChI is InChI=1S/C17H28/c1-7-8-13-9-10-14-15(11-13)17(5,6)12(2)16(14,3)4/h7,11-12,14-15H,1,8-10H2,2-6H3. The van der Waals surface area contributed by atoms with E-state index in [-0.39, 0.29) is 0 Å². The number of fused-ring (bicyclic) bond motifs is 1. The zero-order valence-corrected chi connectivity index (χ0v) is 12.2. The Labute approximate surface area is 107 Å². The Morgan fingerprint density at radius 3 is 2.53 bits per heavy atom. The van der Waals surface area contributed by atoms with Crippen molar-refractivity contribution >= 4 is 0 Å². The number of allylic oxidation sites excluding steroid dienone is 3. The maximum absolute atomic E-state index is 3.88. The van der Waals surface area contributed by atoms with Crippen molar-refractivity contribution in [1.29, 1.82) is 0 Å². The van der Waals surface area contributed by atoms with Crippen molar-refractivity contribution in [1.82, 2.24) is 0 Å². The van der Waals surface area contributed by atoms with E-state index in [1.165, 1.54) is 12.8 Å². The van der Waals surface area contributed by atoms with Crippen LogP contribution in [0.3, 0.4) is 0 Å². The van der Waals surface area contributed by atoms with E-state index in [9.17, 15) is 0 Å². The van der Waals surface area contributed by atoms with Gasteiger partial charge < -0.3 is 0 Å². The Morgan fingerprint density at radius 2 is 1.94 bits per heavy atom. The van der Waals surface area contributed by atoms with Gasteiger partial charge in [-0.25, -0.2) is 0 Å². The summed E-state index contributed by atoms with van der Waals surface area (Å²) in [5, 5.41) is 0. The smallest absolute Gasteiger partial charge is 0.0141 e. The summed E-state index contributed by atoms with van der Waals surface area (Å²) in [5.41, 5.74) is 2.56. The van der Waals surface area contributed by atoms with E-state index in [0.717, 1.165) is 24.2 Å². The molecule has 2 rings (SSSR count). The summed E-state index contributed by atoms with van der Waals surface area (Å²) in [7, 11) is 0. The Kier molecular flexibility index (Phi) is 3.04. The quantitative estimate of drug-likeness (QED) is 0.573. The summed E-state index contributed by atoms with van der Waals surface area (Å²) >= 11 is 0. The van der Waals surface area contributed by atoms with Crippen molar-refractivity contribution < 1.29 is 0 Å². The number of hydrogen-bond donors (Lipinski definition) is 0. The Hall–Kier alpha value is -0.520. The second-order valence-electron chi connectivity index (χ2n) is 7.35. The zero-order valence-electron chi connectivity index (χ0n) is 12.2. The lowest BCUT2D eigenvalue weighted by molar-refractivity contribution is 0.150. The molecule has 0 radical (unpaired) electrons. The van der Waals surface area contributed by atoms with Crippen LogP contribution >= 0.6 is 0 Å². The molecule has 0 spiro atoms. The maximum Gasteiger partial charge on any atom is -0.0141 e. The molecule has 0 nitrogen and oxygen atoms in total. The molecule has 0 bridgehead atoms. The third kappa shape index (κ3) is 1.80. The summed E-state index contributed by atoms with van der Waals surface area (Å²) in [6.45, 7) is 16.2. The van der Waals surface area contributed by atoms with E-state index in [0.29, 0.717) is 10.8 Å². The third-order valence-electron chi connectivity index (χ3n) is 6.08. The van der Waals surface area contributed by atoms with E-state index < -0.39 is 0 Å². The molecule has 0 aromatic heterocycles. The summed E-state index contributed by atoms with van der Waals surface area (Å²) in [5.74, 6) is 2.45. The zero-order chi connectivity index (χ0) is 12.8. The van der Waals surface area contributed by atoms with Crippen molar-refractivity contribution in [3.63, 3.8) is 0 Å². The highest BCUT2D eigenvalue weighted by atomic mass is 14.6. The Bertz CT molecular complexity index is 343. The molecular formula is C17H28. The average molecular weight is 232 g/mol. The van der Waals surface area contributed by atoms with E-state index in [4.69, 9.17) is 0 Å². The average Bonchev–Trinajstić information content (AvgIpc) is 2.39. The van der Waals surface area contributed by atoms with Crippen LogP contribution in [0.25, 0.3) is 0 Å². The molecule has 0 aromatic rings. The highest BCUT2D eigenvalue weighted by Crippen LogP contribution is 2.63. The van der Waals surface area contributed by atoms with Crippen molar-refractivity contribution in [3.05, 3.63) is 24.3 Å². The minimum absolute atomic E-state index is 0.445. The van der Waals surface area contributed by atoms with Crippen LogP contribution in [0.15, 0.2) is 24.3 Å². The second-order valence-corrected chi connectivity index (χ2v) is 7.35. The molecule has 96 valence electrons. The fourth-order valence-corrected chi connectivity index (χ4v) is 4.47. The lowest BCUT2D eigenvalue weighted by atomic mass is 9.70. The molecule has 0 heterocycles. The maximum atomic E-state index is 3.88. The van der Waals surface area contributed by atoms with Crippen molar-refractivity contribution in [3.8, 4) is 0 Å². The molecule has 3 atom stereocenters. The fraction of sp³-hybridized carbons (Fsp3) is 0.765. The van der Waals surface area contributed by atoms with Gasteiger partial charge in [0.1, 0.15) is 0 Å². The monoisotopic (exact) mass is 232 g/mol. The summed E-state index contributed by atoms with van der Waals surface area (Å²) in [6, 6.07) is 0. The van der Waals surface area contributed by atoms with Gasteiger partial charge in [0.2, 0.25) is 0 Å². The molecule has 0 aliphatic heterocycles. The van der Waals surface area contributed by atoms with Gasteiger partial charge in [-0.05, 0) is 47.8 Å². The predicted molar refractivity (Wildman–Crippen MR) is 75.8 cm³/mol. The molecule has 1 saturated carbocycles. The van der Waals surface area contributed by atoms with E-state index >= 15 is 0 Å². The van der Waals surface area contributed by atoms with Crippen LogP contribution in [0.5, 0.6) is 0 Å². The third-order valence-corrected chi connectivity index (χ3v) is 6.08. The first-order valence-electron chi connectivity index (χ1n) is 7.12. The van der Waals surface area contributed by atoms with Gasteiger partial charge in [0.25, 0.3) is 0 Å². The molecule has 0 saturated heterocycles. The highest BCUT2D eigenvalue weighted by molar-refractivity contribution is 5.20. The minimum atomic E-state index is 0.445. The van der Waals surface area contributed by atoms with Crippen LogP contribution in [0.1, 0.15) is 53.9 Å². The van der Waals surface area contributed by atoms with Crippen LogP contribution < -0.4 is 0 Å². The molecule has 0 N–H and O–H groups in total. The lowest BCUT2D eigenvalue weighted by Crippen LogP contribution is -2.27. The van der Waals surface area contributed by atoms with Crippen molar-refractivity contribution in [2.24, 2.45) is 28.6 Å². The largest absolute Gasteiger partial charge is 0.103 e. The normalized spacial score (nSPS) is 38.4. The molecule has 0 heteroatoms. The van der Waals surface area contributed by atoms with Gasteiger partial charge >= 0.3 is 0 Å². The van der Waals surface area contributed by atoms with Gasteiger partial charge in [0.15, 0.2) is 0 Å².